The lowest BCUT2D eigenvalue weighted by molar-refractivity contribution is 0.152. The molecule has 1 aromatic carbocycles. The number of sulfonamides is 1. The molecule has 0 saturated carbocycles. The van der Waals surface area contributed by atoms with E-state index in [-0.39, 0.29) is 12.4 Å². The number of hydrogen-bond donors (Lipinski definition) is 1. The van der Waals surface area contributed by atoms with Crippen LogP contribution in [0.4, 0.5) is 0 Å². The number of benzene rings is 1. The van der Waals surface area contributed by atoms with E-state index in [2.05, 4.69) is 10.2 Å². The van der Waals surface area contributed by atoms with Gasteiger partial charge < -0.3 is 15.0 Å². The van der Waals surface area contributed by atoms with Crippen molar-refractivity contribution >= 4 is 22.4 Å². The van der Waals surface area contributed by atoms with E-state index < -0.39 is 10.0 Å². The van der Waals surface area contributed by atoms with Crippen molar-refractivity contribution in [1.82, 2.24) is 14.5 Å². The number of ether oxygens (including phenoxy) is 1. The normalized spacial score (nSPS) is 20.8. The average Bonchev–Trinajstić information content (AvgIpc) is 2.63. The van der Waals surface area contributed by atoms with Gasteiger partial charge in [0.2, 0.25) is 10.0 Å². The number of methoxy groups -OCH3 is 1. The highest BCUT2D eigenvalue weighted by Crippen LogP contribution is 2.21. The Balaban J connectivity index is 0.00000225. The first-order valence-corrected chi connectivity index (χ1v) is 10.1. The molecule has 1 aromatic rings. The van der Waals surface area contributed by atoms with Crippen LogP contribution in [0.1, 0.15) is 12.8 Å². The number of nitrogens with one attached hydrogen (secondary N) is 1. The van der Waals surface area contributed by atoms with Gasteiger partial charge in [-0.25, -0.2) is 8.42 Å². The number of nitrogens with zero attached hydrogens (tertiary/aromatic N) is 2. The molecule has 0 amide bonds. The second kappa shape index (κ2) is 9.19. The summed E-state index contributed by atoms with van der Waals surface area (Å²) in [6.45, 7) is 6.09. The monoisotopic (exact) mass is 389 g/mol. The molecule has 3 rings (SSSR count). The van der Waals surface area contributed by atoms with Crippen molar-refractivity contribution in [2.75, 3.05) is 52.9 Å². The van der Waals surface area contributed by atoms with E-state index in [1.165, 1.54) is 12.8 Å². The highest BCUT2D eigenvalue weighted by molar-refractivity contribution is 7.89. The van der Waals surface area contributed by atoms with E-state index in [0.29, 0.717) is 23.7 Å². The van der Waals surface area contributed by atoms with Gasteiger partial charge in [0.15, 0.2) is 0 Å². The van der Waals surface area contributed by atoms with Crippen LogP contribution in [0.25, 0.3) is 0 Å². The molecule has 2 aliphatic rings. The predicted octanol–water partition coefficient (Wildman–Crippen LogP) is 1.42. The molecule has 142 valence electrons. The molecule has 2 fully saturated rings. The van der Waals surface area contributed by atoms with E-state index in [1.807, 2.05) is 0 Å². The first-order chi connectivity index (χ1) is 11.6. The minimum absolute atomic E-state index is 0. The molecule has 0 aromatic heterocycles. The van der Waals surface area contributed by atoms with Crippen LogP contribution < -0.4 is 10.1 Å². The number of halogens is 1. The Morgan fingerprint density at radius 1 is 1.08 bits per heavy atom. The number of rotatable bonds is 5. The second-order valence-corrected chi connectivity index (χ2v) is 8.51. The molecule has 1 N–H and O–H groups in total. The quantitative estimate of drug-likeness (QED) is 0.825. The zero-order valence-corrected chi connectivity index (χ0v) is 16.3. The van der Waals surface area contributed by atoms with Gasteiger partial charge in [-0.15, -0.1) is 12.4 Å². The molecule has 2 aliphatic heterocycles. The van der Waals surface area contributed by atoms with Gasteiger partial charge in [-0.2, -0.15) is 4.31 Å². The van der Waals surface area contributed by atoms with Crippen LogP contribution in [0.5, 0.6) is 5.75 Å². The van der Waals surface area contributed by atoms with E-state index in [1.54, 1.807) is 35.7 Å². The molecule has 0 atom stereocenters. The van der Waals surface area contributed by atoms with Gasteiger partial charge in [-0.3, -0.25) is 0 Å². The van der Waals surface area contributed by atoms with Crippen molar-refractivity contribution < 1.29 is 13.2 Å². The summed E-state index contributed by atoms with van der Waals surface area (Å²) in [6, 6.07) is 6.63. The maximum atomic E-state index is 12.7. The topological polar surface area (TPSA) is 61.9 Å². The van der Waals surface area contributed by atoms with Crippen molar-refractivity contribution in [3.05, 3.63) is 24.3 Å². The van der Waals surface area contributed by atoms with Crippen LogP contribution in [0.15, 0.2) is 29.2 Å². The zero-order chi connectivity index (χ0) is 17.0. The molecule has 2 heterocycles. The third-order valence-electron chi connectivity index (χ3n) is 5.00. The second-order valence-electron chi connectivity index (χ2n) is 6.57. The van der Waals surface area contributed by atoms with Crippen molar-refractivity contribution in [1.29, 1.82) is 0 Å². The molecule has 0 spiro atoms. The molecule has 2 saturated heterocycles. The van der Waals surface area contributed by atoms with Crippen molar-refractivity contribution in [3.8, 4) is 5.75 Å². The van der Waals surface area contributed by atoms with E-state index in [9.17, 15) is 8.42 Å². The van der Waals surface area contributed by atoms with Gasteiger partial charge in [0.1, 0.15) is 5.75 Å². The highest BCUT2D eigenvalue weighted by atomic mass is 35.5. The molecular weight excluding hydrogens is 362 g/mol. The third-order valence-corrected chi connectivity index (χ3v) is 6.92. The van der Waals surface area contributed by atoms with Crippen molar-refractivity contribution in [3.63, 3.8) is 0 Å². The van der Waals surface area contributed by atoms with Crippen molar-refractivity contribution in [2.24, 2.45) is 5.92 Å². The summed E-state index contributed by atoms with van der Waals surface area (Å²) in [6.07, 6.45) is 2.45. The standard InChI is InChI=1S/C17H27N3O3S.ClH/c1-23-16-2-4-17(5-3-16)24(21,22)20-12-10-19(11-13-20)14-15-6-8-18-9-7-15;/h2-5,15,18H,6-14H2,1H3;1H. The lowest BCUT2D eigenvalue weighted by atomic mass is 9.97. The van der Waals surface area contributed by atoms with E-state index in [4.69, 9.17) is 4.74 Å². The summed E-state index contributed by atoms with van der Waals surface area (Å²) in [4.78, 5) is 2.76. The first kappa shape index (κ1) is 20.5. The summed E-state index contributed by atoms with van der Waals surface area (Å²) in [5.41, 5.74) is 0. The minimum atomic E-state index is -3.40. The summed E-state index contributed by atoms with van der Waals surface area (Å²) < 4.78 is 32.2. The molecule has 0 bridgehead atoms. The van der Waals surface area contributed by atoms with E-state index in [0.717, 1.165) is 38.6 Å². The smallest absolute Gasteiger partial charge is 0.243 e. The fourth-order valence-corrected chi connectivity index (χ4v) is 4.90. The van der Waals surface area contributed by atoms with Crippen molar-refractivity contribution in [2.45, 2.75) is 17.7 Å². The Bertz CT molecular complexity index is 625. The largest absolute Gasteiger partial charge is 0.497 e. The highest BCUT2D eigenvalue weighted by Gasteiger charge is 2.29. The third kappa shape index (κ3) is 5.08. The minimum Gasteiger partial charge on any atom is -0.497 e. The summed E-state index contributed by atoms with van der Waals surface area (Å²) >= 11 is 0. The Morgan fingerprint density at radius 3 is 2.24 bits per heavy atom. The maximum Gasteiger partial charge on any atom is 0.243 e. The Kier molecular flexibility index (Phi) is 7.51. The van der Waals surface area contributed by atoms with Crippen LogP contribution in [-0.4, -0.2) is 70.5 Å². The molecule has 0 unspecified atom stereocenters. The Hall–Kier alpha value is -0.860. The SMILES string of the molecule is COc1ccc(S(=O)(=O)N2CCN(CC3CCNCC3)CC2)cc1.Cl. The fraction of sp³-hybridized carbons (Fsp3) is 0.647. The van der Waals surface area contributed by atoms with Crippen LogP contribution >= 0.6 is 12.4 Å². The van der Waals surface area contributed by atoms with Gasteiger partial charge in [0.05, 0.1) is 12.0 Å². The molecule has 0 radical (unpaired) electrons. The summed E-state index contributed by atoms with van der Waals surface area (Å²) in [5.74, 6) is 1.41. The summed E-state index contributed by atoms with van der Waals surface area (Å²) in [5, 5.41) is 3.39. The Morgan fingerprint density at radius 2 is 1.68 bits per heavy atom. The fourth-order valence-electron chi connectivity index (χ4n) is 3.48. The zero-order valence-electron chi connectivity index (χ0n) is 14.7. The lowest BCUT2D eigenvalue weighted by Crippen LogP contribution is -2.50. The molecule has 0 aliphatic carbocycles. The number of piperidine rings is 1. The van der Waals surface area contributed by atoms with Gasteiger partial charge in [-0.05, 0) is 56.1 Å². The molecule has 8 heteroatoms. The van der Waals surface area contributed by atoms with Crippen LogP contribution in [0, 0.1) is 5.92 Å². The van der Waals surface area contributed by atoms with E-state index >= 15 is 0 Å². The van der Waals surface area contributed by atoms with Crippen LogP contribution in [0.2, 0.25) is 0 Å². The average molecular weight is 390 g/mol. The maximum absolute atomic E-state index is 12.7. The first-order valence-electron chi connectivity index (χ1n) is 8.67. The van der Waals surface area contributed by atoms with Gasteiger partial charge >= 0.3 is 0 Å². The lowest BCUT2D eigenvalue weighted by Gasteiger charge is -2.36. The predicted molar refractivity (Wildman–Crippen MR) is 101 cm³/mol. The summed E-state index contributed by atoms with van der Waals surface area (Å²) in [7, 11) is -1.83. The van der Waals surface area contributed by atoms with Gasteiger partial charge in [0.25, 0.3) is 0 Å². The number of piperazine rings is 1. The van der Waals surface area contributed by atoms with Crippen LogP contribution in [-0.2, 0) is 10.0 Å². The number of hydrogen-bond acceptors (Lipinski definition) is 5. The van der Waals surface area contributed by atoms with Gasteiger partial charge in [-0.1, -0.05) is 0 Å². The van der Waals surface area contributed by atoms with Gasteiger partial charge in [0, 0.05) is 32.7 Å². The molecule has 6 nitrogen and oxygen atoms in total. The van der Waals surface area contributed by atoms with Crippen LogP contribution in [0.3, 0.4) is 0 Å². The molecule has 25 heavy (non-hydrogen) atoms. The Labute approximate surface area is 157 Å². The molecular formula is C17H28ClN3O3S.